The maximum atomic E-state index is 12.4. The zero-order chi connectivity index (χ0) is 16.3. The monoisotopic (exact) mass is 303 g/mol. The van der Waals surface area contributed by atoms with Crippen molar-refractivity contribution in [2.45, 2.75) is 33.2 Å². The molecule has 2 rings (SSSR count). The smallest absolute Gasteiger partial charge is 0.316 e. The number of aryl methyl sites for hydroxylation is 1. The van der Waals surface area contributed by atoms with E-state index in [9.17, 15) is 14.4 Å². The molecule has 0 saturated heterocycles. The molecule has 0 aliphatic rings. The standard InChI is InChI=1S/C16H21N3O3/c1-4-6-9-18(3)15(21)11-7-8-13-12(10-11)17-14(20)16(22)19(13)5-2/h7-8,10H,4-6,9H2,1-3H3,(H,17,20). The van der Waals surface area contributed by atoms with E-state index >= 15 is 0 Å². The van der Waals surface area contributed by atoms with Gasteiger partial charge in [0.1, 0.15) is 0 Å². The maximum Gasteiger partial charge on any atom is 0.316 e. The number of fused-ring (bicyclic) bond motifs is 1. The molecule has 0 aliphatic heterocycles. The Bertz CT molecular complexity index is 804. The van der Waals surface area contributed by atoms with Crippen molar-refractivity contribution >= 4 is 16.9 Å². The van der Waals surface area contributed by atoms with Crippen LogP contribution < -0.4 is 11.1 Å². The second-order valence-electron chi connectivity index (χ2n) is 5.32. The van der Waals surface area contributed by atoms with Crippen LogP contribution in [-0.2, 0) is 6.54 Å². The van der Waals surface area contributed by atoms with Gasteiger partial charge in [0, 0.05) is 25.7 Å². The molecule has 1 heterocycles. The van der Waals surface area contributed by atoms with Crippen LogP contribution in [-0.4, -0.2) is 34.0 Å². The molecule has 1 amide bonds. The van der Waals surface area contributed by atoms with E-state index in [1.54, 1.807) is 37.1 Å². The Morgan fingerprint density at radius 2 is 2.00 bits per heavy atom. The minimum Gasteiger partial charge on any atom is -0.342 e. The van der Waals surface area contributed by atoms with E-state index in [0.29, 0.717) is 29.7 Å². The first-order valence-corrected chi connectivity index (χ1v) is 7.52. The summed E-state index contributed by atoms with van der Waals surface area (Å²) in [6.07, 6.45) is 1.97. The van der Waals surface area contributed by atoms with Crippen LogP contribution in [0.2, 0.25) is 0 Å². The van der Waals surface area contributed by atoms with Crippen molar-refractivity contribution in [1.29, 1.82) is 0 Å². The summed E-state index contributed by atoms with van der Waals surface area (Å²) in [5.41, 5.74) is 0.386. The summed E-state index contributed by atoms with van der Waals surface area (Å²) in [5.74, 6) is -0.0922. The molecular formula is C16H21N3O3. The number of carbonyl (C=O) groups excluding carboxylic acids is 1. The van der Waals surface area contributed by atoms with E-state index in [0.717, 1.165) is 12.8 Å². The largest absolute Gasteiger partial charge is 0.342 e. The van der Waals surface area contributed by atoms with Crippen molar-refractivity contribution in [2.75, 3.05) is 13.6 Å². The fourth-order valence-corrected chi connectivity index (χ4v) is 2.44. The highest BCUT2D eigenvalue weighted by Crippen LogP contribution is 2.13. The fourth-order valence-electron chi connectivity index (χ4n) is 2.44. The van der Waals surface area contributed by atoms with Gasteiger partial charge in [0.05, 0.1) is 11.0 Å². The Labute approximate surface area is 128 Å². The van der Waals surface area contributed by atoms with Crippen molar-refractivity contribution in [1.82, 2.24) is 14.5 Å². The Morgan fingerprint density at radius 1 is 1.27 bits per heavy atom. The predicted octanol–water partition coefficient (Wildman–Crippen LogP) is 1.58. The SMILES string of the molecule is CCCCN(C)C(=O)c1ccc2c(c1)[nH]c(=O)c(=O)n2CC. The Morgan fingerprint density at radius 3 is 2.64 bits per heavy atom. The number of nitrogens with one attached hydrogen (secondary N) is 1. The van der Waals surface area contributed by atoms with Crippen LogP contribution in [0.25, 0.3) is 11.0 Å². The number of aromatic amines is 1. The van der Waals surface area contributed by atoms with E-state index in [-0.39, 0.29) is 5.91 Å². The van der Waals surface area contributed by atoms with E-state index in [1.165, 1.54) is 4.57 Å². The zero-order valence-electron chi connectivity index (χ0n) is 13.2. The van der Waals surface area contributed by atoms with E-state index < -0.39 is 11.1 Å². The lowest BCUT2D eigenvalue weighted by Crippen LogP contribution is -2.36. The fraction of sp³-hybridized carbons (Fsp3) is 0.438. The minimum absolute atomic E-state index is 0.0922. The van der Waals surface area contributed by atoms with Crippen LogP contribution in [0.15, 0.2) is 27.8 Å². The molecule has 1 aromatic heterocycles. The van der Waals surface area contributed by atoms with Crippen LogP contribution in [0.1, 0.15) is 37.0 Å². The highest BCUT2D eigenvalue weighted by Gasteiger charge is 2.13. The quantitative estimate of drug-likeness (QED) is 0.852. The maximum absolute atomic E-state index is 12.4. The van der Waals surface area contributed by atoms with Gasteiger partial charge in [-0.1, -0.05) is 13.3 Å². The van der Waals surface area contributed by atoms with Crippen molar-refractivity contribution in [3.63, 3.8) is 0 Å². The molecule has 6 heteroatoms. The van der Waals surface area contributed by atoms with Crippen LogP contribution in [0.3, 0.4) is 0 Å². The predicted molar refractivity (Wildman–Crippen MR) is 86.4 cm³/mol. The summed E-state index contributed by atoms with van der Waals surface area (Å²) in [6.45, 7) is 4.97. The average Bonchev–Trinajstić information content (AvgIpc) is 2.52. The number of nitrogens with zero attached hydrogens (tertiary/aromatic N) is 2. The Balaban J connectivity index is 2.47. The number of amides is 1. The number of carbonyl (C=O) groups is 1. The third kappa shape index (κ3) is 2.95. The first-order chi connectivity index (χ1) is 10.5. The van der Waals surface area contributed by atoms with Gasteiger partial charge in [-0.15, -0.1) is 0 Å². The van der Waals surface area contributed by atoms with Crippen LogP contribution >= 0.6 is 0 Å². The molecular weight excluding hydrogens is 282 g/mol. The lowest BCUT2D eigenvalue weighted by Gasteiger charge is -2.17. The first-order valence-electron chi connectivity index (χ1n) is 7.52. The van der Waals surface area contributed by atoms with Crippen LogP contribution in [0, 0.1) is 0 Å². The second kappa shape index (κ2) is 6.60. The molecule has 118 valence electrons. The van der Waals surface area contributed by atoms with Gasteiger partial charge in [-0.3, -0.25) is 14.4 Å². The van der Waals surface area contributed by atoms with Gasteiger partial charge in [-0.2, -0.15) is 0 Å². The lowest BCUT2D eigenvalue weighted by atomic mass is 10.1. The van der Waals surface area contributed by atoms with Gasteiger partial charge in [-0.25, -0.2) is 0 Å². The highest BCUT2D eigenvalue weighted by molar-refractivity contribution is 5.97. The summed E-state index contributed by atoms with van der Waals surface area (Å²) < 4.78 is 1.41. The van der Waals surface area contributed by atoms with E-state index in [1.807, 2.05) is 0 Å². The van der Waals surface area contributed by atoms with E-state index in [2.05, 4.69) is 11.9 Å². The van der Waals surface area contributed by atoms with Gasteiger partial charge in [0.15, 0.2) is 0 Å². The molecule has 6 nitrogen and oxygen atoms in total. The summed E-state index contributed by atoms with van der Waals surface area (Å²) in [5, 5.41) is 0. The van der Waals surface area contributed by atoms with Crippen molar-refractivity contribution < 1.29 is 4.79 Å². The average molecular weight is 303 g/mol. The Hall–Kier alpha value is -2.37. The topological polar surface area (TPSA) is 75.2 Å². The first kappa shape index (κ1) is 16.0. The van der Waals surface area contributed by atoms with Crippen molar-refractivity contribution in [3.8, 4) is 0 Å². The molecule has 0 radical (unpaired) electrons. The second-order valence-corrected chi connectivity index (χ2v) is 5.32. The summed E-state index contributed by atoms with van der Waals surface area (Å²) in [6, 6.07) is 5.03. The molecule has 0 aliphatic carbocycles. The van der Waals surface area contributed by atoms with Gasteiger partial charge in [0.2, 0.25) is 0 Å². The van der Waals surface area contributed by atoms with Crippen LogP contribution in [0.5, 0.6) is 0 Å². The third-order valence-corrected chi connectivity index (χ3v) is 3.73. The molecule has 1 aromatic carbocycles. The van der Waals surface area contributed by atoms with Crippen molar-refractivity contribution in [2.24, 2.45) is 0 Å². The normalized spacial score (nSPS) is 10.9. The molecule has 0 fully saturated rings. The van der Waals surface area contributed by atoms with Gasteiger partial charge < -0.3 is 14.5 Å². The summed E-state index contributed by atoms with van der Waals surface area (Å²) in [4.78, 5) is 40.1. The molecule has 22 heavy (non-hydrogen) atoms. The minimum atomic E-state index is -0.668. The molecule has 1 N–H and O–H groups in total. The highest BCUT2D eigenvalue weighted by atomic mass is 16.2. The molecule has 0 bridgehead atoms. The molecule has 0 unspecified atom stereocenters. The lowest BCUT2D eigenvalue weighted by molar-refractivity contribution is 0.0793. The molecule has 0 atom stereocenters. The Kier molecular flexibility index (Phi) is 4.80. The van der Waals surface area contributed by atoms with E-state index in [4.69, 9.17) is 0 Å². The number of rotatable bonds is 5. The summed E-state index contributed by atoms with van der Waals surface area (Å²) in [7, 11) is 1.76. The molecule has 2 aromatic rings. The van der Waals surface area contributed by atoms with Gasteiger partial charge >= 0.3 is 11.1 Å². The number of unbranched alkanes of at least 4 members (excludes halogenated alkanes) is 1. The number of aromatic nitrogens is 2. The zero-order valence-corrected chi connectivity index (χ0v) is 13.2. The number of benzene rings is 1. The molecule has 0 saturated carbocycles. The number of hydrogen-bond donors (Lipinski definition) is 1. The van der Waals surface area contributed by atoms with Gasteiger partial charge in [-0.05, 0) is 31.5 Å². The summed E-state index contributed by atoms with van der Waals surface area (Å²) >= 11 is 0. The third-order valence-electron chi connectivity index (χ3n) is 3.73. The van der Waals surface area contributed by atoms with Gasteiger partial charge in [0.25, 0.3) is 5.91 Å². The van der Waals surface area contributed by atoms with Crippen molar-refractivity contribution in [3.05, 3.63) is 44.5 Å². The number of hydrogen-bond acceptors (Lipinski definition) is 3. The number of H-pyrrole nitrogens is 1. The molecule has 0 spiro atoms. The van der Waals surface area contributed by atoms with Crippen LogP contribution in [0.4, 0.5) is 0 Å².